The van der Waals surface area contributed by atoms with E-state index in [2.05, 4.69) is 56.6 Å². The maximum Gasteiger partial charge on any atom is 0.229 e. The second-order valence-electron chi connectivity index (χ2n) is 7.96. The highest BCUT2D eigenvalue weighted by atomic mass is 31.2. The van der Waals surface area contributed by atoms with Crippen molar-refractivity contribution in [2.75, 3.05) is 41.5 Å². The fourth-order valence-corrected chi connectivity index (χ4v) is 4.99. The van der Waals surface area contributed by atoms with E-state index in [-0.39, 0.29) is 0 Å². The first-order valence-corrected chi connectivity index (χ1v) is 12.7. The Morgan fingerprint density at radius 2 is 1.80 bits per heavy atom. The van der Waals surface area contributed by atoms with Gasteiger partial charge in [-0.3, -0.25) is 4.90 Å². The zero-order chi connectivity index (χ0) is 20.7. The molecule has 0 saturated heterocycles. The quantitative estimate of drug-likeness (QED) is 0.280. The lowest BCUT2D eigenvalue weighted by atomic mass is 10.2. The molecule has 2 aliphatic rings. The molecule has 152 valence electrons. The van der Waals surface area contributed by atoms with E-state index in [1.54, 1.807) is 13.3 Å². The molecule has 0 radical (unpaired) electrons. The van der Waals surface area contributed by atoms with Crippen LogP contribution in [0.1, 0.15) is 6.42 Å². The first-order chi connectivity index (χ1) is 14.5. The van der Waals surface area contributed by atoms with Gasteiger partial charge in [-0.1, -0.05) is 24.3 Å². The Balaban J connectivity index is 1.33. The summed E-state index contributed by atoms with van der Waals surface area (Å²) in [6.07, 6.45) is 7.34. The molecule has 6 nitrogen and oxygen atoms in total. The SMILES string of the molecule is CP(C)(=O)c1ccccc1N1c2cnc(Nc3ccc(N4CC=CCC4)cc3)nc21. The van der Waals surface area contributed by atoms with Crippen molar-refractivity contribution >= 4 is 47.0 Å². The summed E-state index contributed by atoms with van der Waals surface area (Å²) in [5.41, 5.74) is 4.05. The van der Waals surface area contributed by atoms with Gasteiger partial charge in [-0.2, -0.15) is 4.98 Å². The van der Waals surface area contributed by atoms with E-state index in [1.165, 1.54) is 5.69 Å². The molecular weight excluding hydrogens is 393 g/mol. The standard InChI is InChI=1S/C23H24N5OP/c1-30(2,29)21-9-5-4-8-19(21)28-20-16-24-23(26-22(20)28)25-17-10-12-18(13-11-17)27-14-6-3-7-15-27/h3-6,8-13,16H,7,14-15H2,1-2H3,(H,24,25,26). The molecule has 2 aliphatic heterocycles. The van der Waals surface area contributed by atoms with Gasteiger partial charge in [0.15, 0.2) is 5.82 Å². The average molecular weight is 417 g/mol. The molecule has 1 N–H and O–H groups in total. The van der Waals surface area contributed by atoms with Gasteiger partial charge in [0.2, 0.25) is 5.95 Å². The van der Waals surface area contributed by atoms with E-state index >= 15 is 0 Å². The second-order valence-corrected chi connectivity index (χ2v) is 11.1. The summed E-state index contributed by atoms with van der Waals surface area (Å²) in [6.45, 7) is 5.60. The fraction of sp³-hybridized carbons (Fsp3) is 0.217. The van der Waals surface area contributed by atoms with E-state index < -0.39 is 7.14 Å². The van der Waals surface area contributed by atoms with E-state index in [9.17, 15) is 4.57 Å². The van der Waals surface area contributed by atoms with Crippen LogP contribution < -0.4 is 20.4 Å². The van der Waals surface area contributed by atoms with Crippen molar-refractivity contribution in [2.24, 2.45) is 0 Å². The van der Waals surface area contributed by atoms with Crippen molar-refractivity contribution in [3.63, 3.8) is 0 Å². The van der Waals surface area contributed by atoms with Crippen molar-refractivity contribution in [3.8, 4) is 0 Å². The third kappa shape index (κ3) is 3.59. The zero-order valence-corrected chi connectivity index (χ0v) is 18.0. The van der Waals surface area contributed by atoms with Crippen molar-refractivity contribution in [3.05, 3.63) is 66.9 Å². The maximum atomic E-state index is 12.7. The van der Waals surface area contributed by atoms with E-state index in [4.69, 9.17) is 0 Å². The number of rotatable bonds is 5. The van der Waals surface area contributed by atoms with Crippen LogP contribution in [0.4, 0.5) is 34.5 Å². The Morgan fingerprint density at radius 3 is 2.53 bits per heavy atom. The number of hydrogen-bond donors (Lipinski definition) is 1. The number of benzene rings is 2. The van der Waals surface area contributed by atoms with Gasteiger partial charge in [-0.05, 0) is 56.1 Å². The normalized spacial score (nSPS) is 15.1. The Labute approximate surface area is 176 Å². The van der Waals surface area contributed by atoms with Crippen LogP contribution in [0, 0.1) is 0 Å². The third-order valence-electron chi connectivity index (χ3n) is 5.40. The molecule has 0 unspecified atom stereocenters. The van der Waals surface area contributed by atoms with Gasteiger partial charge in [-0.25, -0.2) is 4.98 Å². The highest BCUT2D eigenvalue weighted by molar-refractivity contribution is 7.70. The molecule has 0 spiro atoms. The smallest absolute Gasteiger partial charge is 0.229 e. The number of nitrogens with one attached hydrogen (secondary N) is 1. The molecule has 0 fully saturated rings. The molecule has 5 rings (SSSR count). The van der Waals surface area contributed by atoms with Gasteiger partial charge in [0.25, 0.3) is 0 Å². The molecule has 30 heavy (non-hydrogen) atoms. The summed E-state index contributed by atoms with van der Waals surface area (Å²) >= 11 is 0. The first kappa shape index (κ1) is 18.9. The van der Waals surface area contributed by atoms with Gasteiger partial charge in [0.05, 0.1) is 11.9 Å². The van der Waals surface area contributed by atoms with Crippen LogP contribution in [-0.2, 0) is 4.57 Å². The Morgan fingerprint density at radius 1 is 1.00 bits per heavy atom. The monoisotopic (exact) mass is 417 g/mol. The number of anilines is 6. The van der Waals surface area contributed by atoms with Gasteiger partial charge in [0, 0.05) is 29.8 Å². The van der Waals surface area contributed by atoms with Crippen LogP contribution in [0.5, 0.6) is 0 Å². The van der Waals surface area contributed by atoms with E-state index in [0.717, 1.165) is 47.7 Å². The molecule has 0 bridgehead atoms. The largest absolute Gasteiger partial charge is 0.367 e. The zero-order valence-electron chi connectivity index (χ0n) is 17.1. The van der Waals surface area contributed by atoms with Crippen LogP contribution in [-0.4, -0.2) is 36.4 Å². The molecule has 3 aromatic rings. The number of hydrogen-bond acceptors (Lipinski definition) is 6. The fourth-order valence-electron chi connectivity index (χ4n) is 3.82. The molecule has 0 saturated carbocycles. The molecule has 3 heterocycles. The minimum Gasteiger partial charge on any atom is -0.367 e. The predicted octanol–water partition coefficient (Wildman–Crippen LogP) is 5.02. The Kier molecular flexibility index (Phi) is 4.59. The lowest BCUT2D eigenvalue weighted by Crippen LogP contribution is -2.26. The van der Waals surface area contributed by atoms with Crippen molar-refractivity contribution in [2.45, 2.75) is 6.42 Å². The van der Waals surface area contributed by atoms with Crippen molar-refractivity contribution in [1.29, 1.82) is 0 Å². The molecular formula is C23H24N5OP. The molecule has 0 atom stereocenters. The number of fused-ring (bicyclic) bond motifs is 1. The third-order valence-corrected chi connectivity index (χ3v) is 6.94. The average Bonchev–Trinajstić information content (AvgIpc) is 3.47. The summed E-state index contributed by atoms with van der Waals surface area (Å²) in [6, 6.07) is 16.2. The summed E-state index contributed by atoms with van der Waals surface area (Å²) < 4.78 is 12.7. The number of nitrogens with zero attached hydrogens (tertiary/aromatic N) is 4. The van der Waals surface area contributed by atoms with Crippen molar-refractivity contribution in [1.82, 2.24) is 9.97 Å². The molecule has 0 amide bonds. The lowest BCUT2D eigenvalue weighted by Gasteiger charge is -2.25. The Hall–Kier alpha value is -3.11. The predicted molar refractivity (Wildman–Crippen MR) is 125 cm³/mol. The van der Waals surface area contributed by atoms with Crippen LogP contribution in [0.25, 0.3) is 0 Å². The summed E-state index contributed by atoms with van der Waals surface area (Å²) in [7, 11) is -2.40. The summed E-state index contributed by atoms with van der Waals surface area (Å²) in [5, 5.41) is 4.15. The number of aromatic nitrogens is 2. The van der Waals surface area contributed by atoms with Gasteiger partial charge >= 0.3 is 0 Å². The summed E-state index contributed by atoms with van der Waals surface area (Å²) in [4.78, 5) is 13.5. The highest BCUT2D eigenvalue weighted by Crippen LogP contribution is 2.53. The second kappa shape index (κ2) is 7.29. The molecule has 2 aromatic carbocycles. The molecule has 0 aliphatic carbocycles. The van der Waals surface area contributed by atoms with Crippen molar-refractivity contribution < 1.29 is 4.57 Å². The van der Waals surface area contributed by atoms with Crippen LogP contribution in [0.2, 0.25) is 0 Å². The highest BCUT2D eigenvalue weighted by Gasteiger charge is 2.36. The molecule has 7 heteroatoms. The van der Waals surface area contributed by atoms with Crippen LogP contribution >= 0.6 is 7.14 Å². The lowest BCUT2D eigenvalue weighted by molar-refractivity contribution is 0.588. The maximum absolute atomic E-state index is 12.7. The van der Waals surface area contributed by atoms with E-state index in [1.807, 2.05) is 35.4 Å². The minimum atomic E-state index is -2.40. The first-order valence-electron chi connectivity index (χ1n) is 10.1. The summed E-state index contributed by atoms with van der Waals surface area (Å²) in [5.74, 6) is 1.41. The van der Waals surface area contributed by atoms with Gasteiger partial charge in [-0.15, -0.1) is 0 Å². The number of para-hydroxylation sites is 1. The molecule has 1 aromatic heterocycles. The minimum absolute atomic E-state index is 0.554. The van der Waals surface area contributed by atoms with Gasteiger partial charge < -0.3 is 14.8 Å². The van der Waals surface area contributed by atoms with Crippen LogP contribution in [0.3, 0.4) is 0 Å². The Bertz CT molecular complexity index is 1170. The van der Waals surface area contributed by atoms with E-state index in [0.29, 0.717) is 5.95 Å². The van der Waals surface area contributed by atoms with Crippen LogP contribution in [0.15, 0.2) is 66.9 Å². The van der Waals surface area contributed by atoms with Gasteiger partial charge in [0.1, 0.15) is 12.8 Å². The topological polar surface area (TPSA) is 61.1 Å².